The Kier molecular flexibility index (Phi) is 13.2. The number of piperidine rings is 1. The highest BCUT2D eigenvalue weighted by atomic mass is 32.2. The van der Waals surface area contributed by atoms with Crippen LogP contribution in [0.4, 0.5) is 5.69 Å². The summed E-state index contributed by atoms with van der Waals surface area (Å²) < 4.78 is 43.0. The van der Waals surface area contributed by atoms with E-state index in [1.807, 2.05) is 104 Å². The number of ether oxygens (including phenoxy) is 2. The molecule has 0 radical (unpaired) electrons. The van der Waals surface area contributed by atoms with Crippen molar-refractivity contribution < 1.29 is 32.6 Å². The van der Waals surface area contributed by atoms with E-state index in [-0.39, 0.29) is 48.5 Å². The molecule has 324 valence electrons. The number of sulfonamides is 1. The van der Waals surface area contributed by atoms with Crippen LogP contribution in [0.15, 0.2) is 138 Å². The van der Waals surface area contributed by atoms with Gasteiger partial charge in [-0.05, 0) is 72.7 Å². The number of anilines is 1. The van der Waals surface area contributed by atoms with Gasteiger partial charge in [0.2, 0.25) is 21.8 Å². The molecule has 5 aromatic rings. The van der Waals surface area contributed by atoms with Crippen molar-refractivity contribution >= 4 is 27.5 Å². The van der Waals surface area contributed by atoms with Crippen molar-refractivity contribution in [3.8, 4) is 0 Å². The van der Waals surface area contributed by atoms with Crippen molar-refractivity contribution in [2.45, 2.75) is 81.2 Å². The summed E-state index contributed by atoms with van der Waals surface area (Å²) in [6.45, 7) is 6.81. The Balaban J connectivity index is 0.952. The first-order chi connectivity index (χ1) is 30.0. The molecular weight excluding hydrogens is 803 g/mol. The predicted molar refractivity (Wildman–Crippen MR) is 237 cm³/mol. The van der Waals surface area contributed by atoms with Crippen LogP contribution in [0.5, 0.6) is 0 Å². The molecule has 5 aromatic carbocycles. The molecule has 3 saturated heterocycles. The first-order valence-corrected chi connectivity index (χ1v) is 22.8. The van der Waals surface area contributed by atoms with E-state index in [9.17, 15) is 23.1 Å². The summed E-state index contributed by atoms with van der Waals surface area (Å²) in [6.07, 6.45) is 0.405. The summed E-state index contributed by atoms with van der Waals surface area (Å²) in [7, 11) is -3.98. The number of likely N-dealkylation sites (tertiary alicyclic amines) is 1. The molecule has 3 heterocycles. The predicted octanol–water partition coefficient (Wildman–Crippen LogP) is 5.91. The number of carbonyl (C=O) groups excluding carboxylic acids is 2. The molecule has 8 rings (SSSR count). The molecule has 1 spiro atoms. The van der Waals surface area contributed by atoms with Gasteiger partial charge >= 0.3 is 0 Å². The summed E-state index contributed by atoms with van der Waals surface area (Å²) >= 11 is 0. The number of nitrogens with zero attached hydrogens (tertiary/aromatic N) is 2. The highest BCUT2D eigenvalue weighted by molar-refractivity contribution is 7.89. The third-order valence-corrected chi connectivity index (χ3v) is 14.1. The van der Waals surface area contributed by atoms with E-state index < -0.39 is 33.8 Å². The Morgan fingerprint density at radius 3 is 2.11 bits per heavy atom. The van der Waals surface area contributed by atoms with Gasteiger partial charge < -0.3 is 35.0 Å². The molecule has 4 N–H and O–H groups in total. The Bertz CT molecular complexity index is 2390. The van der Waals surface area contributed by atoms with Crippen molar-refractivity contribution in [1.82, 2.24) is 20.3 Å². The minimum Gasteiger partial charge on any atom is -0.392 e. The molecule has 12 nitrogen and oxygen atoms in total. The van der Waals surface area contributed by atoms with Gasteiger partial charge in [-0.3, -0.25) is 9.59 Å². The van der Waals surface area contributed by atoms with Crippen molar-refractivity contribution in [2.75, 3.05) is 31.2 Å². The zero-order valence-electron chi connectivity index (χ0n) is 35.2. The number of rotatable bonds is 14. The molecule has 5 atom stereocenters. The standard InChI is InChI=1S/C49H55N5O7S/c1-34-13-23-42(24-14-34)62(58,59)52-43(29-36-9-5-3-6-10-36)46(56)50-30-37-15-21-40(22-16-37)47-60-44(35(2)45(61-47)39-19-17-38(32-55)18-20-39)31-53-27-25-49(26-28-53)48(57)51-33-54(49)41-11-7-4-8-12-41/h3-24,35,43-45,47,52,55H,25-33H2,1-2H3,(H,50,56)(H,51,57)/t35-,43-,44+,45+,47+/m1/s1. The molecule has 0 aliphatic carbocycles. The van der Waals surface area contributed by atoms with Crippen LogP contribution < -0.4 is 20.3 Å². The van der Waals surface area contributed by atoms with Gasteiger partial charge in [0.15, 0.2) is 6.29 Å². The maximum Gasteiger partial charge on any atom is 0.247 e. The number of hydrogen-bond donors (Lipinski definition) is 4. The number of aliphatic hydroxyl groups excluding tert-OH is 1. The van der Waals surface area contributed by atoms with E-state index in [2.05, 4.69) is 44.2 Å². The Morgan fingerprint density at radius 2 is 1.45 bits per heavy atom. The van der Waals surface area contributed by atoms with Gasteiger partial charge in [-0.1, -0.05) is 122 Å². The fourth-order valence-corrected chi connectivity index (χ4v) is 10.0. The molecular formula is C49H55N5O7S. The van der Waals surface area contributed by atoms with E-state index in [4.69, 9.17) is 9.47 Å². The number of aliphatic hydroxyl groups is 1. The lowest BCUT2D eigenvalue weighted by atomic mass is 9.84. The zero-order chi connectivity index (χ0) is 43.3. The van der Waals surface area contributed by atoms with Crippen molar-refractivity contribution in [2.24, 2.45) is 5.92 Å². The van der Waals surface area contributed by atoms with Gasteiger partial charge in [0.1, 0.15) is 11.6 Å². The SMILES string of the molecule is Cc1ccc(S(=O)(=O)N[C@H](Cc2ccccc2)C(=O)NCc2ccc([C@H]3O[C@@H](CN4CCC5(CC4)C(=O)NCN5c4ccccc4)[C@@H](C)[C@@H](c4ccc(CO)cc4)O3)cc2)cc1. The van der Waals surface area contributed by atoms with E-state index in [0.29, 0.717) is 26.1 Å². The van der Waals surface area contributed by atoms with Crippen molar-refractivity contribution in [3.63, 3.8) is 0 Å². The lowest BCUT2D eigenvalue weighted by Crippen LogP contribution is -2.57. The fourth-order valence-electron chi connectivity index (χ4n) is 8.84. The smallest absolute Gasteiger partial charge is 0.247 e. The van der Waals surface area contributed by atoms with Crippen LogP contribution in [0.2, 0.25) is 0 Å². The van der Waals surface area contributed by atoms with E-state index >= 15 is 0 Å². The van der Waals surface area contributed by atoms with E-state index in [1.165, 1.54) is 12.1 Å². The lowest BCUT2D eigenvalue weighted by molar-refractivity contribution is -0.276. The molecule has 2 amide bonds. The summed E-state index contributed by atoms with van der Waals surface area (Å²) in [4.78, 5) is 31.8. The van der Waals surface area contributed by atoms with E-state index in [0.717, 1.165) is 52.2 Å². The topological polar surface area (TPSA) is 150 Å². The summed E-state index contributed by atoms with van der Waals surface area (Å²) in [5.74, 6) is -0.371. The van der Waals surface area contributed by atoms with E-state index in [1.54, 1.807) is 12.1 Å². The van der Waals surface area contributed by atoms with Crippen LogP contribution in [0.25, 0.3) is 0 Å². The van der Waals surface area contributed by atoms with Gasteiger partial charge in [0, 0.05) is 43.3 Å². The molecule has 62 heavy (non-hydrogen) atoms. The van der Waals surface area contributed by atoms with Crippen LogP contribution in [0, 0.1) is 12.8 Å². The minimum atomic E-state index is -3.98. The number of aryl methyl sites for hydroxylation is 1. The second-order valence-corrected chi connectivity index (χ2v) is 18.4. The van der Waals surface area contributed by atoms with Crippen LogP contribution in [0.1, 0.15) is 65.5 Å². The normalized spacial score (nSPS) is 22.0. The Morgan fingerprint density at radius 1 is 0.823 bits per heavy atom. The Labute approximate surface area is 364 Å². The quantitative estimate of drug-likeness (QED) is 0.107. The van der Waals surface area contributed by atoms with Crippen LogP contribution in [-0.2, 0) is 48.7 Å². The molecule has 3 fully saturated rings. The first kappa shape index (κ1) is 43.2. The second-order valence-electron chi connectivity index (χ2n) is 16.7. The van der Waals surface area contributed by atoms with Gasteiger partial charge in [-0.15, -0.1) is 0 Å². The van der Waals surface area contributed by atoms with Gasteiger partial charge in [0.05, 0.1) is 30.4 Å². The fraction of sp³-hybridized carbons (Fsp3) is 0.347. The third kappa shape index (κ3) is 9.63. The molecule has 0 unspecified atom stereocenters. The highest BCUT2D eigenvalue weighted by Crippen LogP contribution is 2.43. The average Bonchev–Trinajstić information content (AvgIpc) is 3.61. The maximum atomic E-state index is 13.7. The minimum absolute atomic E-state index is 0.0144. The first-order valence-electron chi connectivity index (χ1n) is 21.3. The second kappa shape index (κ2) is 18.9. The van der Waals surface area contributed by atoms with Crippen molar-refractivity contribution in [3.05, 3.63) is 167 Å². The maximum absolute atomic E-state index is 13.7. The molecule has 13 heteroatoms. The average molecular weight is 858 g/mol. The monoisotopic (exact) mass is 857 g/mol. The van der Waals surface area contributed by atoms with Gasteiger partial charge in [0.25, 0.3) is 0 Å². The molecule has 3 aliphatic heterocycles. The summed E-state index contributed by atoms with van der Waals surface area (Å²) in [6, 6.07) is 40.5. The number of para-hydroxylation sites is 1. The van der Waals surface area contributed by atoms with Crippen molar-refractivity contribution in [1.29, 1.82) is 0 Å². The summed E-state index contributed by atoms with van der Waals surface area (Å²) in [5, 5.41) is 15.8. The van der Waals surface area contributed by atoms with Crippen LogP contribution >= 0.6 is 0 Å². The van der Waals surface area contributed by atoms with Gasteiger partial charge in [-0.2, -0.15) is 4.72 Å². The zero-order valence-corrected chi connectivity index (χ0v) is 36.0. The number of benzene rings is 5. The number of hydrogen-bond acceptors (Lipinski definition) is 9. The van der Waals surface area contributed by atoms with Crippen LogP contribution in [0.3, 0.4) is 0 Å². The molecule has 0 bridgehead atoms. The van der Waals surface area contributed by atoms with Gasteiger partial charge in [-0.25, -0.2) is 8.42 Å². The molecule has 0 saturated carbocycles. The Hall–Kier alpha value is -5.41. The highest BCUT2D eigenvalue weighted by Gasteiger charge is 2.51. The van der Waals surface area contributed by atoms with Crippen LogP contribution in [-0.4, -0.2) is 74.2 Å². The number of amides is 2. The molecule has 0 aromatic heterocycles. The largest absolute Gasteiger partial charge is 0.392 e. The third-order valence-electron chi connectivity index (χ3n) is 12.6. The molecule has 3 aliphatic rings. The summed E-state index contributed by atoms with van der Waals surface area (Å²) in [5.41, 5.74) is 5.67. The number of nitrogens with one attached hydrogen (secondary N) is 3. The number of carbonyl (C=O) groups is 2. The lowest BCUT2D eigenvalue weighted by Gasteiger charge is -2.46.